The number of thioether (sulfide) groups is 1. The molecule has 1 fully saturated rings. The van der Waals surface area contributed by atoms with Gasteiger partial charge >= 0.3 is 0 Å². The number of piperazine rings is 1. The van der Waals surface area contributed by atoms with Crippen molar-refractivity contribution in [1.82, 2.24) is 15.1 Å². The van der Waals surface area contributed by atoms with Crippen LogP contribution in [0.5, 0.6) is 0 Å². The minimum absolute atomic E-state index is 0.116. The highest BCUT2D eigenvalue weighted by atomic mass is 35.5. The first kappa shape index (κ1) is 25.7. The summed E-state index contributed by atoms with van der Waals surface area (Å²) in [7, 11) is 0. The number of nitrogens with zero attached hydrogens (tertiary/aromatic N) is 4. The topological polar surface area (TPSA) is 91.6 Å². The molecule has 1 N–H and O–H groups in total. The second-order valence-corrected chi connectivity index (χ2v) is 9.92. The number of halogens is 2. The largest absolute Gasteiger partial charge is 0.411 e. The van der Waals surface area contributed by atoms with Gasteiger partial charge < -0.3 is 19.5 Å². The van der Waals surface area contributed by atoms with E-state index in [0.717, 1.165) is 23.0 Å². The minimum atomic E-state index is -0.418. The van der Waals surface area contributed by atoms with Crippen molar-refractivity contribution in [3.8, 4) is 11.5 Å². The summed E-state index contributed by atoms with van der Waals surface area (Å²) in [5.41, 5.74) is 2.78. The Morgan fingerprint density at radius 2 is 1.71 bits per heavy atom. The fourth-order valence-electron chi connectivity index (χ4n) is 4.03. The van der Waals surface area contributed by atoms with E-state index >= 15 is 0 Å². The Bertz CT molecular complexity index is 1420. The van der Waals surface area contributed by atoms with Crippen molar-refractivity contribution in [3.05, 3.63) is 89.2 Å². The molecule has 1 saturated heterocycles. The SMILES string of the molecule is O=C(CSc1nnc(-c2ccc(Cl)cc2)o1)Nc1ccc(N2CCN(C(=O)c3cccc(F)c3)CC2)cc1. The molecule has 0 bridgehead atoms. The summed E-state index contributed by atoms with van der Waals surface area (Å²) in [4.78, 5) is 29.0. The van der Waals surface area contributed by atoms with Crippen LogP contribution in [0.2, 0.25) is 5.02 Å². The van der Waals surface area contributed by atoms with Crippen molar-refractivity contribution in [1.29, 1.82) is 0 Å². The molecule has 0 atom stereocenters. The van der Waals surface area contributed by atoms with Gasteiger partial charge in [0.1, 0.15) is 5.82 Å². The summed E-state index contributed by atoms with van der Waals surface area (Å²) in [6.07, 6.45) is 0. The molecule has 0 unspecified atom stereocenters. The molecule has 1 aliphatic heterocycles. The lowest BCUT2D eigenvalue weighted by molar-refractivity contribution is -0.113. The number of carbonyl (C=O) groups is 2. The molecular weight excluding hydrogens is 529 g/mol. The van der Waals surface area contributed by atoms with E-state index in [-0.39, 0.29) is 17.6 Å². The van der Waals surface area contributed by atoms with Crippen molar-refractivity contribution in [2.45, 2.75) is 5.22 Å². The van der Waals surface area contributed by atoms with Gasteiger partial charge in [0.05, 0.1) is 5.75 Å². The molecule has 0 spiro atoms. The number of hydrogen-bond donors (Lipinski definition) is 1. The fourth-order valence-corrected chi connectivity index (χ4v) is 4.72. The lowest BCUT2D eigenvalue weighted by Gasteiger charge is -2.36. The second kappa shape index (κ2) is 11.7. The maximum Gasteiger partial charge on any atom is 0.277 e. The molecule has 2 heterocycles. The van der Waals surface area contributed by atoms with Crippen molar-refractivity contribution in [2.24, 2.45) is 0 Å². The maximum absolute atomic E-state index is 13.5. The Morgan fingerprint density at radius 3 is 2.42 bits per heavy atom. The van der Waals surface area contributed by atoms with Crippen LogP contribution in [0.4, 0.5) is 15.8 Å². The predicted octanol–water partition coefficient (Wildman–Crippen LogP) is 5.22. The Kier molecular flexibility index (Phi) is 7.90. The van der Waals surface area contributed by atoms with E-state index in [4.69, 9.17) is 16.0 Å². The monoisotopic (exact) mass is 551 g/mol. The summed E-state index contributed by atoms with van der Waals surface area (Å²) in [6.45, 7) is 2.40. The van der Waals surface area contributed by atoms with E-state index in [9.17, 15) is 14.0 Å². The van der Waals surface area contributed by atoms with E-state index in [0.29, 0.717) is 53.6 Å². The number of rotatable bonds is 7. The van der Waals surface area contributed by atoms with Crippen LogP contribution >= 0.6 is 23.4 Å². The van der Waals surface area contributed by atoms with Gasteiger partial charge in [-0.3, -0.25) is 9.59 Å². The minimum Gasteiger partial charge on any atom is -0.411 e. The van der Waals surface area contributed by atoms with Crippen LogP contribution in [-0.2, 0) is 4.79 Å². The highest BCUT2D eigenvalue weighted by Gasteiger charge is 2.22. The van der Waals surface area contributed by atoms with E-state index in [1.807, 2.05) is 24.3 Å². The standard InChI is InChI=1S/C27H23ClFN5O3S/c28-20-6-4-18(5-7-20)25-31-32-27(37-25)38-17-24(35)30-22-8-10-23(11-9-22)33-12-14-34(15-13-33)26(36)19-2-1-3-21(29)16-19/h1-11,16H,12-15,17H2,(H,30,35). The number of carbonyl (C=O) groups excluding carboxylic acids is 2. The van der Waals surface area contributed by atoms with Crippen molar-refractivity contribution < 1.29 is 18.4 Å². The molecule has 5 rings (SSSR count). The molecule has 3 aromatic carbocycles. The number of amides is 2. The molecule has 0 radical (unpaired) electrons. The molecule has 38 heavy (non-hydrogen) atoms. The van der Waals surface area contributed by atoms with Crippen LogP contribution in [0.25, 0.3) is 11.5 Å². The smallest absolute Gasteiger partial charge is 0.277 e. The van der Waals surface area contributed by atoms with Crippen molar-refractivity contribution >= 4 is 46.6 Å². The Labute approximate surface area is 227 Å². The van der Waals surface area contributed by atoms with Crippen LogP contribution < -0.4 is 10.2 Å². The Balaban J connectivity index is 1.09. The van der Waals surface area contributed by atoms with E-state index in [2.05, 4.69) is 20.4 Å². The molecule has 0 aliphatic carbocycles. The molecule has 0 saturated carbocycles. The van der Waals surface area contributed by atoms with Gasteiger partial charge in [-0.1, -0.05) is 29.4 Å². The highest BCUT2D eigenvalue weighted by molar-refractivity contribution is 7.99. The third-order valence-electron chi connectivity index (χ3n) is 5.98. The van der Waals surface area contributed by atoms with Crippen LogP contribution in [0.3, 0.4) is 0 Å². The zero-order chi connectivity index (χ0) is 26.5. The highest BCUT2D eigenvalue weighted by Crippen LogP contribution is 2.25. The summed E-state index contributed by atoms with van der Waals surface area (Å²) in [6, 6.07) is 20.4. The molecule has 2 amide bonds. The first-order valence-electron chi connectivity index (χ1n) is 11.9. The number of nitrogens with one attached hydrogen (secondary N) is 1. The summed E-state index contributed by atoms with van der Waals surface area (Å²) >= 11 is 7.06. The zero-order valence-electron chi connectivity index (χ0n) is 20.1. The third kappa shape index (κ3) is 6.32. The first-order chi connectivity index (χ1) is 18.4. The normalized spacial score (nSPS) is 13.4. The second-order valence-electron chi connectivity index (χ2n) is 8.55. The average molecular weight is 552 g/mol. The molecule has 1 aliphatic rings. The Morgan fingerprint density at radius 1 is 0.974 bits per heavy atom. The number of hydrogen-bond acceptors (Lipinski definition) is 7. The van der Waals surface area contributed by atoms with E-state index in [1.165, 1.54) is 12.1 Å². The first-order valence-corrected chi connectivity index (χ1v) is 13.2. The molecular formula is C27H23ClFN5O3S. The lowest BCUT2D eigenvalue weighted by Crippen LogP contribution is -2.48. The molecule has 8 nitrogen and oxygen atoms in total. The predicted molar refractivity (Wildman–Crippen MR) is 145 cm³/mol. The zero-order valence-corrected chi connectivity index (χ0v) is 21.7. The maximum atomic E-state index is 13.5. The summed E-state index contributed by atoms with van der Waals surface area (Å²) < 4.78 is 19.1. The van der Waals surface area contributed by atoms with Gasteiger partial charge in [-0.15, -0.1) is 10.2 Å². The summed E-state index contributed by atoms with van der Waals surface area (Å²) in [5, 5.41) is 11.8. The summed E-state index contributed by atoms with van der Waals surface area (Å²) in [5.74, 6) is -0.302. The molecule has 11 heteroatoms. The lowest BCUT2D eigenvalue weighted by atomic mass is 10.1. The number of anilines is 2. The van der Waals surface area contributed by atoms with Gasteiger partial charge in [0.2, 0.25) is 11.8 Å². The van der Waals surface area contributed by atoms with Gasteiger partial charge in [-0.25, -0.2) is 4.39 Å². The van der Waals surface area contributed by atoms with Crippen molar-refractivity contribution in [2.75, 3.05) is 42.1 Å². The molecule has 4 aromatic rings. The average Bonchev–Trinajstić information content (AvgIpc) is 3.42. The van der Waals surface area contributed by atoms with Crippen LogP contribution in [-0.4, -0.2) is 58.8 Å². The van der Waals surface area contributed by atoms with E-state index < -0.39 is 5.82 Å². The van der Waals surface area contributed by atoms with Gasteiger partial charge in [-0.05, 0) is 66.7 Å². The fraction of sp³-hybridized carbons (Fsp3) is 0.185. The third-order valence-corrected chi connectivity index (χ3v) is 7.05. The van der Waals surface area contributed by atoms with Crippen LogP contribution in [0.15, 0.2) is 82.4 Å². The van der Waals surface area contributed by atoms with E-state index in [1.54, 1.807) is 41.3 Å². The van der Waals surface area contributed by atoms with Crippen LogP contribution in [0.1, 0.15) is 10.4 Å². The van der Waals surface area contributed by atoms with Gasteiger partial charge in [0.25, 0.3) is 11.1 Å². The number of aromatic nitrogens is 2. The van der Waals surface area contributed by atoms with Gasteiger partial charge in [-0.2, -0.15) is 0 Å². The molecule has 194 valence electrons. The van der Waals surface area contributed by atoms with Gasteiger partial charge in [0, 0.05) is 53.7 Å². The quantitative estimate of drug-likeness (QED) is 0.315. The van der Waals surface area contributed by atoms with Crippen LogP contribution in [0, 0.1) is 5.82 Å². The Hall–Kier alpha value is -3.89. The van der Waals surface area contributed by atoms with Crippen molar-refractivity contribution in [3.63, 3.8) is 0 Å². The molecule has 1 aromatic heterocycles. The number of benzene rings is 3. The van der Waals surface area contributed by atoms with Gasteiger partial charge in [0.15, 0.2) is 0 Å².